The minimum absolute atomic E-state index is 0.106. The number of benzene rings is 1. The van der Waals surface area contributed by atoms with Gasteiger partial charge >= 0.3 is 0 Å². The average molecular weight is 341 g/mol. The summed E-state index contributed by atoms with van der Waals surface area (Å²) in [6.45, 7) is 0. The third-order valence-electron chi connectivity index (χ3n) is 4.93. The molecule has 0 spiro atoms. The summed E-state index contributed by atoms with van der Waals surface area (Å²) < 4.78 is 1.80. The molecule has 0 fully saturated rings. The molecule has 3 aromatic rings. The number of amides is 1. The lowest BCUT2D eigenvalue weighted by molar-refractivity contribution is 0.0929. The van der Waals surface area contributed by atoms with Crippen molar-refractivity contribution in [3.8, 4) is 12.1 Å². The molecule has 4 rings (SSSR count). The van der Waals surface area contributed by atoms with E-state index < -0.39 is 0 Å². The zero-order valence-electron chi connectivity index (χ0n) is 14.2. The van der Waals surface area contributed by atoms with Crippen LogP contribution in [0.5, 0.6) is 0 Å². The molecule has 2 aromatic heterocycles. The zero-order valence-corrected chi connectivity index (χ0v) is 14.2. The van der Waals surface area contributed by atoms with Gasteiger partial charge in [-0.15, -0.1) is 0 Å². The fraction of sp³-hybridized carbons (Fsp3) is 0.200. The summed E-state index contributed by atoms with van der Waals surface area (Å²) in [4.78, 5) is 16.9. The second-order valence-electron chi connectivity index (χ2n) is 6.42. The molecule has 0 saturated carbocycles. The van der Waals surface area contributed by atoms with Gasteiger partial charge in [0.15, 0.2) is 0 Å². The number of nitriles is 2. The smallest absolute Gasteiger partial charge is 0.268 e. The molecule has 1 aliphatic carbocycles. The van der Waals surface area contributed by atoms with Crippen molar-refractivity contribution in [2.45, 2.75) is 18.9 Å². The number of carbonyl (C=O) groups is 1. The summed E-state index contributed by atoms with van der Waals surface area (Å²) in [6, 6.07) is 13.1. The predicted molar refractivity (Wildman–Crippen MR) is 95.1 cm³/mol. The van der Waals surface area contributed by atoms with Gasteiger partial charge in [-0.25, -0.2) is 4.98 Å². The first-order chi connectivity index (χ1) is 12.6. The van der Waals surface area contributed by atoms with E-state index in [4.69, 9.17) is 10.5 Å². The number of carbonyl (C=O) groups excluding carboxylic acids is 1. The van der Waals surface area contributed by atoms with Crippen LogP contribution in [-0.2, 0) is 13.5 Å². The Kier molecular flexibility index (Phi) is 3.67. The number of nitrogens with one attached hydrogen (secondary N) is 1. The molecule has 1 aliphatic rings. The molecule has 126 valence electrons. The minimum atomic E-state index is -0.163. The zero-order chi connectivity index (χ0) is 18.3. The summed E-state index contributed by atoms with van der Waals surface area (Å²) in [6.07, 6.45) is 3.30. The van der Waals surface area contributed by atoms with E-state index in [-0.39, 0.29) is 11.9 Å². The van der Waals surface area contributed by atoms with E-state index in [1.807, 2.05) is 25.2 Å². The quantitative estimate of drug-likeness (QED) is 0.775. The van der Waals surface area contributed by atoms with E-state index in [2.05, 4.69) is 16.4 Å². The summed E-state index contributed by atoms with van der Waals surface area (Å²) in [5.74, 6) is -0.163. The molecule has 0 radical (unpaired) electrons. The van der Waals surface area contributed by atoms with Gasteiger partial charge in [-0.3, -0.25) is 4.79 Å². The molecule has 1 N–H and O–H groups in total. The lowest BCUT2D eigenvalue weighted by atomic mass is 10.1. The molecule has 0 saturated heterocycles. The molecule has 6 nitrogen and oxygen atoms in total. The summed E-state index contributed by atoms with van der Waals surface area (Å²) in [7, 11) is 1.82. The summed E-state index contributed by atoms with van der Waals surface area (Å²) in [5, 5.41) is 22.0. The molecule has 26 heavy (non-hydrogen) atoms. The van der Waals surface area contributed by atoms with Gasteiger partial charge in [0, 0.05) is 24.1 Å². The SMILES string of the molecule is Cn1c(C(=O)NC2CCc3cc(C#N)ncc32)cc2ccc(C#N)cc21. The van der Waals surface area contributed by atoms with Crippen LogP contribution in [-0.4, -0.2) is 15.5 Å². The lowest BCUT2D eigenvalue weighted by Gasteiger charge is -2.14. The molecule has 0 aliphatic heterocycles. The van der Waals surface area contributed by atoms with Crippen LogP contribution < -0.4 is 5.32 Å². The third kappa shape index (κ3) is 2.49. The average Bonchev–Trinajstić information content (AvgIpc) is 3.22. The molecule has 1 aromatic carbocycles. The monoisotopic (exact) mass is 341 g/mol. The van der Waals surface area contributed by atoms with Crippen LogP contribution in [0.2, 0.25) is 0 Å². The molecular formula is C20H15N5O. The second-order valence-corrected chi connectivity index (χ2v) is 6.42. The van der Waals surface area contributed by atoms with Crippen molar-refractivity contribution < 1.29 is 4.79 Å². The Bertz CT molecular complexity index is 1130. The molecular weight excluding hydrogens is 326 g/mol. The highest BCUT2D eigenvalue weighted by atomic mass is 16.2. The van der Waals surface area contributed by atoms with Crippen LogP contribution in [0.25, 0.3) is 10.9 Å². The minimum Gasteiger partial charge on any atom is -0.344 e. The maximum absolute atomic E-state index is 12.8. The van der Waals surface area contributed by atoms with Crippen molar-refractivity contribution in [1.29, 1.82) is 10.5 Å². The van der Waals surface area contributed by atoms with E-state index in [1.165, 1.54) is 0 Å². The van der Waals surface area contributed by atoms with Gasteiger partial charge in [-0.1, -0.05) is 6.07 Å². The molecule has 6 heteroatoms. The second kappa shape index (κ2) is 6.02. The third-order valence-corrected chi connectivity index (χ3v) is 4.93. The van der Waals surface area contributed by atoms with Crippen LogP contribution in [0.1, 0.15) is 45.3 Å². The summed E-state index contributed by atoms with van der Waals surface area (Å²) in [5.41, 5.74) is 4.40. The number of fused-ring (bicyclic) bond motifs is 2. The van der Waals surface area contributed by atoms with Crippen LogP contribution in [0, 0.1) is 22.7 Å². The van der Waals surface area contributed by atoms with Gasteiger partial charge in [0.1, 0.15) is 17.5 Å². The number of hydrogen-bond acceptors (Lipinski definition) is 4. The number of aromatic nitrogens is 2. The number of pyridine rings is 1. The fourth-order valence-electron chi connectivity index (χ4n) is 3.55. The van der Waals surface area contributed by atoms with Gasteiger partial charge in [-0.2, -0.15) is 10.5 Å². The fourth-order valence-corrected chi connectivity index (χ4v) is 3.55. The maximum Gasteiger partial charge on any atom is 0.268 e. The van der Waals surface area contributed by atoms with E-state index in [0.29, 0.717) is 17.0 Å². The standard InChI is InChI=1S/C20H15N5O/c1-25-18-6-12(9-21)2-3-14(18)8-19(25)20(26)24-17-5-4-13-7-15(10-22)23-11-16(13)17/h2-3,6-8,11,17H,4-5H2,1H3,(H,24,26). The van der Waals surface area contributed by atoms with Crippen molar-refractivity contribution in [2.75, 3.05) is 0 Å². The first-order valence-corrected chi connectivity index (χ1v) is 8.30. The highest BCUT2D eigenvalue weighted by Crippen LogP contribution is 2.31. The molecule has 1 unspecified atom stereocenters. The largest absolute Gasteiger partial charge is 0.344 e. The van der Waals surface area contributed by atoms with Gasteiger partial charge in [0.2, 0.25) is 0 Å². The van der Waals surface area contributed by atoms with Crippen molar-refractivity contribution in [2.24, 2.45) is 7.05 Å². The highest BCUT2D eigenvalue weighted by Gasteiger charge is 2.26. The van der Waals surface area contributed by atoms with E-state index >= 15 is 0 Å². The molecule has 0 bridgehead atoms. The van der Waals surface area contributed by atoms with Crippen LogP contribution in [0.15, 0.2) is 36.5 Å². The van der Waals surface area contributed by atoms with Gasteiger partial charge in [-0.05, 0) is 48.2 Å². The van der Waals surface area contributed by atoms with E-state index in [0.717, 1.165) is 34.9 Å². The number of rotatable bonds is 2. The Morgan fingerprint density at radius 1 is 1.27 bits per heavy atom. The van der Waals surface area contributed by atoms with Crippen LogP contribution in [0.4, 0.5) is 0 Å². The molecule has 1 atom stereocenters. The summed E-state index contributed by atoms with van der Waals surface area (Å²) >= 11 is 0. The maximum atomic E-state index is 12.8. The first kappa shape index (κ1) is 15.9. The lowest BCUT2D eigenvalue weighted by Crippen LogP contribution is -2.28. The predicted octanol–water partition coefficient (Wildman–Crippen LogP) is 2.73. The van der Waals surface area contributed by atoms with Gasteiger partial charge in [0.25, 0.3) is 5.91 Å². The number of hydrogen-bond donors (Lipinski definition) is 1. The molecule has 1 amide bonds. The number of aryl methyl sites for hydroxylation is 2. The Hall–Kier alpha value is -3.64. The van der Waals surface area contributed by atoms with Crippen LogP contribution >= 0.6 is 0 Å². The Balaban J connectivity index is 1.63. The van der Waals surface area contributed by atoms with Crippen molar-refractivity contribution in [3.05, 3.63) is 64.6 Å². The Morgan fingerprint density at radius 2 is 2.12 bits per heavy atom. The first-order valence-electron chi connectivity index (χ1n) is 8.30. The Morgan fingerprint density at radius 3 is 2.88 bits per heavy atom. The van der Waals surface area contributed by atoms with Crippen LogP contribution in [0.3, 0.4) is 0 Å². The number of nitrogens with zero attached hydrogens (tertiary/aromatic N) is 4. The topological polar surface area (TPSA) is 94.5 Å². The normalized spacial score (nSPS) is 15.3. The van der Waals surface area contributed by atoms with Gasteiger partial charge < -0.3 is 9.88 Å². The Labute approximate surface area is 150 Å². The van der Waals surface area contributed by atoms with Crippen molar-refractivity contribution >= 4 is 16.8 Å². The van der Waals surface area contributed by atoms with E-state index in [1.54, 1.807) is 29.0 Å². The van der Waals surface area contributed by atoms with Crippen molar-refractivity contribution in [3.63, 3.8) is 0 Å². The van der Waals surface area contributed by atoms with Gasteiger partial charge in [0.05, 0.1) is 17.7 Å². The highest BCUT2D eigenvalue weighted by molar-refractivity contribution is 5.99. The van der Waals surface area contributed by atoms with Crippen molar-refractivity contribution in [1.82, 2.24) is 14.9 Å². The van der Waals surface area contributed by atoms with E-state index in [9.17, 15) is 4.79 Å². The molecule has 2 heterocycles.